The summed E-state index contributed by atoms with van der Waals surface area (Å²) in [6.07, 6.45) is 3.80. The summed E-state index contributed by atoms with van der Waals surface area (Å²) < 4.78 is 5.85. The number of ether oxygens (including phenoxy) is 1. The second-order valence-electron chi connectivity index (χ2n) is 6.13. The lowest BCUT2D eigenvalue weighted by molar-refractivity contribution is -0.146. The fourth-order valence-electron chi connectivity index (χ4n) is 2.69. The van der Waals surface area contributed by atoms with E-state index in [1.807, 2.05) is 13.8 Å². The Labute approximate surface area is 135 Å². The summed E-state index contributed by atoms with van der Waals surface area (Å²) in [4.78, 5) is 35.9. The van der Waals surface area contributed by atoms with E-state index >= 15 is 0 Å². The van der Waals surface area contributed by atoms with Crippen LogP contribution >= 0.6 is 0 Å². The molecule has 0 aliphatic heterocycles. The zero-order chi connectivity index (χ0) is 17.0. The van der Waals surface area contributed by atoms with Gasteiger partial charge in [-0.1, -0.05) is 13.8 Å². The van der Waals surface area contributed by atoms with Gasteiger partial charge in [0, 0.05) is 6.07 Å². The number of carbonyl (C=O) groups excluding carboxylic acids is 2. The molecule has 23 heavy (non-hydrogen) atoms. The first-order valence-electron chi connectivity index (χ1n) is 7.89. The summed E-state index contributed by atoms with van der Waals surface area (Å²) >= 11 is 0. The van der Waals surface area contributed by atoms with Crippen LogP contribution in [0.1, 0.15) is 37.9 Å². The smallest absolute Gasteiger partial charge is 0.328 e. The zero-order valence-electron chi connectivity index (χ0n) is 13.8. The highest BCUT2D eigenvalue weighted by atomic mass is 16.5. The SMILES string of the molecule is COC(=O)[C@@H](NC(=O)Cn1nc2c(cc1=O)CCCC2)C(C)C. The number of hydrogen-bond acceptors (Lipinski definition) is 5. The van der Waals surface area contributed by atoms with E-state index in [2.05, 4.69) is 15.2 Å². The van der Waals surface area contributed by atoms with Crippen LogP contribution in [0.25, 0.3) is 0 Å². The molecule has 1 heterocycles. The Morgan fingerprint density at radius 1 is 1.35 bits per heavy atom. The molecular weight excluding hydrogens is 298 g/mol. The van der Waals surface area contributed by atoms with Crippen LogP contribution in [0.15, 0.2) is 10.9 Å². The van der Waals surface area contributed by atoms with Gasteiger partial charge in [-0.2, -0.15) is 5.10 Å². The van der Waals surface area contributed by atoms with E-state index in [1.54, 1.807) is 6.07 Å². The number of hydrogen-bond donors (Lipinski definition) is 1. The Kier molecular flexibility index (Phi) is 5.52. The maximum Gasteiger partial charge on any atom is 0.328 e. The molecule has 1 aliphatic carbocycles. The summed E-state index contributed by atoms with van der Waals surface area (Å²) in [5.41, 5.74) is 1.57. The maximum absolute atomic E-state index is 12.1. The van der Waals surface area contributed by atoms with E-state index < -0.39 is 17.9 Å². The van der Waals surface area contributed by atoms with E-state index in [1.165, 1.54) is 7.11 Å². The largest absolute Gasteiger partial charge is 0.467 e. The second-order valence-corrected chi connectivity index (χ2v) is 6.13. The molecule has 0 radical (unpaired) electrons. The summed E-state index contributed by atoms with van der Waals surface area (Å²) in [6.45, 7) is 3.42. The highest BCUT2D eigenvalue weighted by Gasteiger charge is 2.25. The van der Waals surface area contributed by atoms with Crippen molar-refractivity contribution in [3.63, 3.8) is 0 Å². The minimum atomic E-state index is -0.735. The van der Waals surface area contributed by atoms with Crippen molar-refractivity contribution in [2.75, 3.05) is 7.11 Å². The standard InChI is InChI=1S/C16H23N3O4/c1-10(2)15(16(22)23-3)17-13(20)9-19-14(21)8-11-6-4-5-7-12(11)18-19/h8,10,15H,4-7,9H2,1-3H3,(H,17,20)/t15-/m0/s1. The highest BCUT2D eigenvalue weighted by molar-refractivity contribution is 5.84. The quantitative estimate of drug-likeness (QED) is 0.795. The van der Waals surface area contributed by atoms with Gasteiger partial charge >= 0.3 is 5.97 Å². The molecule has 0 aromatic carbocycles. The third-order valence-electron chi connectivity index (χ3n) is 4.01. The number of aryl methyl sites for hydroxylation is 2. The fraction of sp³-hybridized carbons (Fsp3) is 0.625. The molecule has 1 aliphatic rings. The number of amides is 1. The van der Waals surface area contributed by atoms with Crippen molar-refractivity contribution >= 4 is 11.9 Å². The van der Waals surface area contributed by atoms with Crippen molar-refractivity contribution in [3.8, 4) is 0 Å². The number of rotatable bonds is 5. The maximum atomic E-state index is 12.1. The third kappa shape index (κ3) is 4.18. The lowest BCUT2D eigenvalue weighted by atomic mass is 9.97. The summed E-state index contributed by atoms with van der Waals surface area (Å²) in [5, 5.41) is 6.91. The van der Waals surface area contributed by atoms with E-state index in [-0.39, 0.29) is 18.0 Å². The molecule has 0 bridgehead atoms. The molecule has 7 heteroatoms. The molecule has 0 spiro atoms. The van der Waals surface area contributed by atoms with Gasteiger partial charge in [0.2, 0.25) is 5.91 Å². The number of fused-ring (bicyclic) bond motifs is 1. The van der Waals surface area contributed by atoms with Crippen molar-refractivity contribution < 1.29 is 14.3 Å². The van der Waals surface area contributed by atoms with Gasteiger partial charge in [-0.25, -0.2) is 9.48 Å². The monoisotopic (exact) mass is 321 g/mol. The average molecular weight is 321 g/mol. The first-order chi connectivity index (χ1) is 10.9. The van der Waals surface area contributed by atoms with Crippen molar-refractivity contribution in [1.29, 1.82) is 0 Å². The van der Waals surface area contributed by atoms with Crippen LogP contribution in [-0.4, -0.2) is 34.8 Å². The van der Waals surface area contributed by atoms with Crippen LogP contribution in [0.2, 0.25) is 0 Å². The van der Waals surface area contributed by atoms with Crippen molar-refractivity contribution in [2.24, 2.45) is 5.92 Å². The van der Waals surface area contributed by atoms with Gasteiger partial charge in [-0.3, -0.25) is 9.59 Å². The Morgan fingerprint density at radius 3 is 2.70 bits per heavy atom. The van der Waals surface area contributed by atoms with Crippen LogP contribution in [0.5, 0.6) is 0 Å². The average Bonchev–Trinajstić information content (AvgIpc) is 2.52. The molecule has 1 aromatic rings. The second kappa shape index (κ2) is 7.39. The van der Waals surface area contributed by atoms with Crippen molar-refractivity contribution in [1.82, 2.24) is 15.1 Å². The molecule has 0 saturated carbocycles. The van der Waals surface area contributed by atoms with Crippen LogP contribution < -0.4 is 10.9 Å². The summed E-state index contributed by atoms with van der Waals surface area (Å²) in [5.74, 6) is -1.04. The first kappa shape index (κ1) is 17.2. The van der Waals surface area contributed by atoms with Gasteiger partial charge in [0.25, 0.3) is 5.56 Å². The van der Waals surface area contributed by atoms with E-state index in [0.717, 1.165) is 41.6 Å². The molecule has 1 N–H and O–H groups in total. The Morgan fingerprint density at radius 2 is 2.04 bits per heavy atom. The van der Waals surface area contributed by atoms with Gasteiger partial charge in [0.15, 0.2) is 0 Å². The molecule has 0 unspecified atom stereocenters. The Bertz CT molecular complexity index is 651. The highest BCUT2D eigenvalue weighted by Crippen LogP contribution is 2.16. The van der Waals surface area contributed by atoms with Crippen LogP contribution in [0, 0.1) is 5.92 Å². The number of carbonyl (C=O) groups is 2. The van der Waals surface area contributed by atoms with Gasteiger partial charge in [-0.15, -0.1) is 0 Å². The molecule has 126 valence electrons. The van der Waals surface area contributed by atoms with Crippen molar-refractivity contribution in [2.45, 2.75) is 52.1 Å². The summed E-state index contributed by atoms with van der Waals surface area (Å²) in [7, 11) is 1.28. The van der Waals surface area contributed by atoms with Gasteiger partial charge < -0.3 is 10.1 Å². The number of nitrogens with one attached hydrogen (secondary N) is 1. The van der Waals surface area contributed by atoms with Gasteiger partial charge in [-0.05, 0) is 37.2 Å². The lowest BCUT2D eigenvalue weighted by Gasteiger charge is -2.20. The lowest BCUT2D eigenvalue weighted by Crippen LogP contribution is -2.47. The van der Waals surface area contributed by atoms with E-state index in [4.69, 9.17) is 0 Å². The number of esters is 1. The first-order valence-corrected chi connectivity index (χ1v) is 7.89. The van der Waals surface area contributed by atoms with Crippen LogP contribution in [0.4, 0.5) is 0 Å². The third-order valence-corrected chi connectivity index (χ3v) is 4.01. The van der Waals surface area contributed by atoms with E-state index in [9.17, 15) is 14.4 Å². The van der Waals surface area contributed by atoms with Crippen LogP contribution in [-0.2, 0) is 33.7 Å². The molecule has 0 saturated heterocycles. The van der Waals surface area contributed by atoms with Crippen LogP contribution in [0.3, 0.4) is 0 Å². The molecule has 1 atom stereocenters. The Balaban J connectivity index is 2.11. The molecule has 2 rings (SSSR count). The number of nitrogens with zero attached hydrogens (tertiary/aromatic N) is 2. The van der Waals surface area contributed by atoms with E-state index in [0.29, 0.717) is 0 Å². The van der Waals surface area contributed by atoms with Gasteiger partial charge in [0.1, 0.15) is 12.6 Å². The minimum Gasteiger partial charge on any atom is -0.467 e. The molecule has 0 fully saturated rings. The van der Waals surface area contributed by atoms with Gasteiger partial charge in [0.05, 0.1) is 12.8 Å². The predicted octanol–water partition coefficient (Wildman–Crippen LogP) is 0.436. The molecular formula is C16H23N3O4. The van der Waals surface area contributed by atoms with Crippen molar-refractivity contribution in [3.05, 3.63) is 27.7 Å². The molecule has 1 amide bonds. The minimum absolute atomic E-state index is 0.111. The topological polar surface area (TPSA) is 90.3 Å². The normalized spacial score (nSPS) is 15.0. The fourth-order valence-corrected chi connectivity index (χ4v) is 2.69. The molecule has 1 aromatic heterocycles. The summed E-state index contributed by atoms with van der Waals surface area (Å²) in [6, 6.07) is 0.829. The number of aromatic nitrogens is 2. The molecule has 7 nitrogen and oxygen atoms in total. The number of methoxy groups -OCH3 is 1. The Hall–Kier alpha value is -2.18. The predicted molar refractivity (Wildman–Crippen MR) is 83.9 cm³/mol. The zero-order valence-corrected chi connectivity index (χ0v) is 13.8.